The summed E-state index contributed by atoms with van der Waals surface area (Å²) in [5.74, 6) is 0.0279. The third-order valence-corrected chi connectivity index (χ3v) is 5.59. The van der Waals surface area contributed by atoms with Gasteiger partial charge in [-0.05, 0) is 49.2 Å². The second-order valence-electron chi connectivity index (χ2n) is 7.70. The summed E-state index contributed by atoms with van der Waals surface area (Å²) in [6.07, 6.45) is 0.551. The van der Waals surface area contributed by atoms with Gasteiger partial charge in [0.2, 0.25) is 0 Å². The smallest absolute Gasteiger partial charge is 0.295 e. The molecule has 4 rings (SSSR count). The van der Waals surface area contributed by atoms with Gasteiger partial charge in [-0.25, -0.2) is 0 Å². The van der Waals surface area contributed by atoms with Crippen LogP contribution in [0.4, 0.5) is 0 Å². The molecule has 8 nitrogen and oxygen atoms in total. The van der Waals surface area contributed by atoms with Gasteiger partial charge in [0.05, 0.1) is 18.2 Å². The summed E-state index contributed by atoms with van der Waals surface area (Å²) in [5.41, 5.74) is 1.08. The maximum atomic E-state index is 13.1. The van der Waals surface area contributed by atoms with Crippen molar-refractivity contribution in [3.8, 4) is 17.2 Å². The standard InChI is InChI=1S/C25H27NO7/c1-3-31-18-7-4-6-16(14-18)22-21(24(28)25(29)26(22)10-5-11-30-2)23(27)17-8-9-19-20(15-17)33-13-12-32-19/h4,6-9,14-15,22,27H,3,5,10-13H2,1-2H3/b23-21+/t22-/m0/s1. The number of ketones is 1. The molecule has 2 aromatic rings. The van der Waals surface area contributed by atoms with Gasteiger partial charge in [-0.1, -0.05) is 12.1 Å². The summed E-state index contributed by atoms with van der Waals surface area (Å²) in [6, 6.07) is 11.4. The van der Waals surface area contributed by atoms with Crippen LogP contribution in [0.25, 0.3) is 5.76 Å². The third-order valence-electron chi connectivity index (χ3n) is 5.59. The molecular weight excluding hydrogens is 426 g/mol. The number of hydrogen-bond donors (Lipinski definition) is 1. The molecule has 0 aliphatic carbocycles. The Labute approximate surface area is 192 Å². The molecule has 0 unspecified atom stereocenters. The first-order valence-corrected chi connectivity index (χ1v) is 10.9. The Balaban J connectivity index is 1.80. The van der Waals surface area contributed by atoms with Crippen LogP contribution in [0.2, 0.25) is 0 Å². The normalized spacial score (nSPS) is 19.1. The average molecular weight is 453 g/mol. The van der Waals surface area contributed by atoms with Gasteiger partial charge >= 0.3 is 0 Å². The van der Waals surface area contributed by atoms with E-state index in [-0.39, 0.29) is 11.3 Å². The summed E-state index contributed by atoms with van der Waals surface area (Å²) in [5, 5.41) is 11.2. The number of fused-ring (bicyclic) bond motifs is 1. The van der Waals surface area contributed by atoms with Crippen LogP contribution in [0.1, 0.15) is 30.5 Å². The first-order valence-electron chi connectivity index (χ1n) is 10.9. The second kappa shape index (κ2) is 9.95. The number of methoxy groups -OCH3 is 1. The van der Waals surface area contributed by atoms with Crippen molar-refractivity contribution in [3.63, 3.8) is 0 Å². The highest BCUT2D eigenvalue weighted by molar-refractivity contribution is 6.46. The van der Waals surface area contributed by atoms with Crippen molar-refractivity contribution >= 4 is 17.4 Å². The predicted molar refractivity (Wildman–Crippen MR) is 121 cm³/mol. The maximum absolute atomic E-state index is 13.1. The molecule has 0 aromatic heterocycles. The SMILES string of the molecule is CCOc1cccc([C@H]2/C(=C(\O)c3ccc4c(c3)OCCO4)C(=O)C(=O)N2CCCOC)c1. The van der Waals surface area contributed by atoms with Crippen LogP contribution < -0.4 is 14.2 Å². The summed E-state index contributed by atoms with van der Waals surface area (Å²) >= 11 is 0. The molecule has 0 radical (unpaired) electrons. The first kappa shape index (κ1) is 22.7. The van der Waals surface area contributed by atoms with Gasteiger partial charge in [0.25, 0.3) is 11.7 Å². The molecule has 1 amide bonds. The first-order chi connectivity index (χ1) is 16.0. The van der Waals surface area contributed by atoms with Gasteiger partial charge in [-0.3, -0.25) is 9.59 Å². The van der Waals surface area contributed by atoms with E-state index in [1.807, 2.05) is 19.1 Å². The highest BCUT2D eigenvalue weighted by atomic mass is 16.6. The molecule has 0 bridgehead atoms. The number of nitrogens with zero attached hydrogens (tertiary/aromatic N) is 1. The van der Waals surface area contributed by atoms with Crippen LogP contribution in [0.3, 0.4) is 0 Å². The fourth-order valence-electron chi connectivity index (χ4n) is 4.12. The van der Waals surface area contributed by atoms with Gasteiger partial charge < -0.3 is 29.0 Å². The van der Waals surface area contributed by atoms with E-state index in [2.05, 4.69) is 0 Å². The minimum Gasteiger partial charge on any atom is -0.507 e. The van der Waals surface area contributed by atoms with Gasteiger partial charge in [-0.2, -0.15) is 0 Å². The Bertz CT molecular complexity index is 1080. The number of Topliss-reactive ketones (excluding diaryl/α,β-unsaturated/α-hetero) is 1. The molecule has 1 fully saturated rings. The Morgan fingerprint density at radius 3 is 2.67 bits per heavy atom. The number of carbonyl (C=O) groups is 2. The zero-order chi connectivity index (χ0) is 23.4. The largest absolute Gasteiger partial charge is 0.507 e. The van der Waals surface area contributed by atoms with Crippen LogP contribution in [0.5, 0.6) is 17.2 Å². The zero-order valence-corrected chi connectivity index (χ0v) is 18.7. The van der Waals surface area contributed by atoms with E-state index in [1.165, 1.54) is 4.90 Å². The molecule has 0 saturated carbocycles. The van der Waals surface area contributed by atoms with Crippen LogP contribution in [0.15, 0.2) is 48.0 Å². The van der Waals surface area contributed by atoms with Gasteiger partial charge in [0, 0.05) is 25.8 Å². The molecule has 2 heterocycles. The van der Waals surface area contributed by atoms with Crippen LogP contribution in [-0.2, 0) is 14.3 Å². The molecule has 1 N–H and O–H groups in total. The van der Waals surface area contributed by atoms with Crippen molar-refractivity contribution in [2.24, 2.45) is 0 Å². The van der Waals surface area contributed by atoms with E-state index in [4.69, 9.17) is 18.9 Å². The molecule has 33 heavy (non-hydrogen) atoms. The number of ether oxygens (including phenoxy) is 4. The van der Waals surface area contributed by atoms with E-state index < -0.39 is 17.7 Å². The Kier molecular flexibility index (Phi) is 6.84. The Hall–Kier alpha value is -3.52. The lowest BCUT2D eigenvalue weighted by molar-refractivity contribution is -0.140. The van der Waals surface area contributed by atoms with Crippen molar-refractivity contribution in [1.29, 1.82) is 0 Å². The predicted octanol–water partition coefficient (Wildman–Crippen LogP) is 3.31. The van der Waals surface area contributed by atoms with E-state index in [1.54, 1.807) is 37.4 Å². The van der Waals surface area contributed by atoms with Gasteiger partial charge in [0.1, 0.15) is 24.7 Å². The molecule has 2 aromatic carbocycles. The summed E-state index contributed by atoms with van der Waals surface area (Å²) in [6.45, 7) is 3.95. The quantitative estimate of drug-likeness (QED) is 0.284. The Morgan fingerprint density at radius 1 is 1.12 bits per heavy atom. The van der Waals surface area contributed by atoms with E-state index in [0.29, 0.717) is 67.8 Å². The third kappa shape index (κ3) is 4.52. The van der Waals surface area contributed by atoms with Gasteiger partial charge in [0.15, 0.2) is 11.5 Å². The molecule has 2 aliphatic rings. The van der Waals surface area contributed by atoms with Crippen LogP contribution in [-0.4, -0.2) is 61.8 Å². The number of aliphatic hydroxyl groups excluding tert-OH is 1. The van der Waals surface area contributed by atoms with E-state index >= 15 is 0 Å². The van der Waals surface area contributed by atoms with Crippen molar-refractivity contribution in [2.75, 3.05) is 40.1 Å². The summed E-state index contributed by atoms with van der Waals surface area (Å²) < 4.78 is 21.9. The number of aliphatic hydroxyl groups is 1. The number of likely N-dealkylation sites (tertiary alicyclic amines) is 1. The second-order valence-corrected chi connectivity index (χ2v) is 7.70. The average Bonchev–Trinajstić information content (AvgIpc) is 3.09. The van der Waals surface area contributed by atoms with Crippen LogP contribution >= 0.6 is 0 Å². The number of benzene rings is 2. The maximum Gasteiger partial charge on any atom is 0.295 e. The van der Waals surface area contributed by atoms with Crippen molar-refractivity contribution in [1.82, 2.24) is 4.90 Å². The van der Waals surface area contributed by atoms with Gasteiger partial charge in [-0.15, -0.1) is 0 Å². The highest BCUT2D eigenvalue weighted by Gasteiger charge is 2.46. The molecule has 8 heteroatoms. The monoisotopic (exact) mass is 453 g/mol. The topological polar surface area (TPSA) is 94.5 Å². The molecule has 1 saturated heterocycles. The summed E-state index contributed by atoms with van der Waals surface area (Å²) in [4.78, 5) is 27.6. The number of hydrogen-bond acceptors (Lipinski definition) is 7. The zero-order valence-electron chi connectivity index (χ0n) is 18.7. The van der Waals surface area contributed by atoms with E-state index in [0.717, 1.165) is 0 Å². The van der Waals surface area contributed by atoms with E-state index in [9.17, 15) is 14.7 Å². The number of carbonyl (C=O) groups excluding carboxylic acids is 2. The fraction of sp³-hybridized carbons (Fsp3) is 0.360. The fourth-order valence-corrected chi connectivity index (χ4v) is 4.12. The van der Waals surface area contributed by atoms with Crippen molar-refractivity contribution in [2.45, 2.75) is 19.4 Å². The molecular formula is C25H27NO7. The lowest BCUT2D eigenvalue weighted by Crippen LogP contribution is -2.31. The molecule has 174 valence electrons. The minimum absolute atomic E-state index is 0.0303. The Morgan fingerprint density at radius 2 is 1.91 bits per heavy atom. The van der Waals surface area contributed by atoms with Crippen molar-refractivity contribution < 1.29 is 33.6 Å². The lowest BCUT2D eigenvalue weighted by Gasteiger charge is -2.25. The van der Waals surface area contributed by atoms with Crippen LogP contribution in [0, 0.1) is 0 Å². The highest BCUT2D eigenvalue weighted by Crippen LogP contribution is 2.41. The molecule has 2 aliphatic heterocycles. The lowest BCUT2D eigenvalue weighted by atomic mass is 9.95. The number of amides is 1. The summed E-state index contributed by atoms with van der Waals surface area (Å²) in [7, 11) is 1.58. The number of rotatable bonds is 8. The molecule has 1 atom stereocenters. The molecule has 0 spiro atoms. The van der Waals surface area contributed by atoms with Crippen molar-refractivity contribution in [3.05, 3.63) is 59.2 Å². The minimum atomic E-state index is -0.754.